The number of β-amino-alcohol motifs (C(OH)–C–C–N with tert-alkyl or cyclic N) is 1. The molecule has 0 radical (unpaired) electrons. The van der Waals surface area contributed by atoms with E-state index in [-0.39, 0.29) is 0 Å². The molecule has 118 valence electrons. The van der Waals surface area contributed by atoms with E-state index in [9.17, 15) is 10.2 Å². The zero-order valence-corrected chi connectivity index (χ0v) is 13.3. The van der Waals surface area contributed by atoms with E-state index in [0.717, 1.165) is 37.6 Å². The maximum Gasteiger partial charge on any atom is 0.0957 e. The zero-order chi connectivity index (χ0) is 15.5. The highest BCUT2D eigenvalue weighted by Gasteiger charge is 2.23. The first-order valence-corrected chi connectivity index (χ1v) is 7.73. The van der Waals surface area contributed by atoms with Gasteiger partial charge in [0.15, 0.2) is 0 Å². The predicted octanol–water partition coefficient (Wildman–Crippen LogP) is 1.42. The van der Waals surface area contributed by atoms with Gasteiger partial charge in [-0.1, -0.05) is 6.92 Å². The molecule has 0 spiro atoms. The molecule has 1 saturated heterocycles. The largest absolute Gasteiger partial charge is 0.389 e. The van der Waals surface area contributed by atoms with E-state index < -0.39 is 11.7 Å². The van der Waals surface area contributed by atoms with Crippen molar-refractivity contribution in [1.82, 2.24) is 9.88 Å². The van der Waals surface area contributed by atoms with Crippen LogP contribution in [-0.2, 0) is 0 Å². The van der Waals surface area contributed by atoms with E-state index in [1.807, 2.05) is 39.1 Å². The molecule has 2 rings (SSSR count). The third kappa shape index (κ3) is 4.66. The lowest BCUT2D eigenvalue weighted by Crippen LogP contribution is -2.50. The van der Waals surface area contributed by atoms with Crippen LogP contribution in [0.2, 0.25) is 0 Å². The van der Waals surface area contributed by atoms with Crippen molar-refractivity contribution >= 4 is 5.69 Å². The number of aliphatic hydroxyl groups is 2. The number of rotatable bonds is 5. The van der Waals surface area contributed by atoms with Gasteiger partial charge < -0.3 is 15.1 Å². The quantitative estimate of drug-likeness (QED) is 0.860. The van der Waals surface area contributed by atoms with Crippen molar-refractivity contribution in [3.63, 3.8) is 0 Å². The molecule has 5 nitrogen and oxygen atoms in total. The fraction of sp³-hybridized carbons (Fsp3) is 0.688. The SMILES string of the molecule is CC[C@@H](O)c1ccc(N2CCN(CC(C)(C)O)CC2)cn1. The topological polar surface area (TPSA) is 59.8 Å². The number of aliphatic hydroxyl groups excluding tert-OH is 1. The Labute approximate surface area is 127 Å². The lowest BCUT2D eigenvalue weighted by Gasteiger charge is -2.38. The average Bonchev–Trinajstić information content (AvgIpc) is 2.46. The van der Waals surface area contributed by atoms with E-state index in [0.29, 0.717) is 13.0 Å². The summed E-state index contributed by atoms with van der Waals surface area (Å²) < 4.78 is 0. The Kier molecular flexibility index (Phi) is 5.19. The monoisotopic (exact) mass is 293 g/mol. The minimum absolute atomic E-state index is 0.470. The van der Waals surface area contributed by atoms with Crippen LogP contribution in [0.25, 0.3) is 0 Å². The fourth-order valence-corrected chi connectivity index (χ4v) is 2.70. The van der Waals surface area contributed by atoms with Crippen LogP contribution in [0.4, 0.5) is 5.69 Å². The van der Waals surface area contributed by atoms with E-state index in [1.54, 1.807) is 0 Å². The number of hydrogen-bond acceptors (Lipinski definition) is 5. The molecule has 0 aromatic carbocycles. The van der Waals surface area contributed by atoms with Crippen molar-refractivity contribution in [3.05, 3.63) is 24.0 Å². The molecule has 5 heteroatoms. The van der Waals surface area contributed by atoms with Crippen molar-refractivity contribution in [3.8, 4) is 0 Å². The molecule has 0 aliphatic carbocycles. The first kappa shape index (κ1) is 16.2. The van der Waals surface area contributed by atoms with E-state index in [1.165, 1.54) is 0 Å². The van der Waals surface area contributed by atoms with Crippen LogP contribution in [0.5, 0.6) is 0 Å². The van der Waals surface area contributed by atoms with Gasteiger partial charge in [-0.05, 0) is 32.4 Å². The molecule has 0 amide bonds. The second-order valence-corrected chi connectivity index (χ2v) is 6.44. The van der Waals surface area contributed by atoms with Crippen molar-refractivity contribution in [1.29, 1.82) is 0 Å². The maximum atomic E-state index is 9.87. The standard InChI is InChI=1S/C16H27N3O2/c1-4-15(20)14-6-5-13(11-17-14)19-9-7-18(8-10-19)12-16(2,3)21/h5-6,11,15,20-21H,4,7-10,12H2,1-3H3/t15-/m1/s1. The minimum Gasteiger partial charge on any atom is -0.389 e. The Balaban J connectivity index is 1.90. The molecule has 1 aromatic rings. The summed E-state index contributed by atoms with van der Waals surface area (Å²) in [6.07, 6.45) is 2.06. The van der Waals surface area contributed by atoms with E-state index in [4.69, 9.17) is 0 Å². The Hall–Kier alpha value is -1.17. The third-order valence-corrected chi connectivity index (χ3v) is 3.85. The first-order valence-electron chi connectivity index (χ1n) is 7.73. The highest BCUT2D eigenvalue weighted by molar-refractivity contribution is 5.45. The number of hydrogen-bond donors (Lipinski definition) is 2. The highest BCUT2D eigenvalue weighted by atomic mass is 16.3. The summed E-state index contributed by atoms with van der Waals surface area (Å²) in [6.45, 7) is 10.1. The summed E-state index contributed by atoms with van der Waals surface area (Å²) in [6, 6.07) is 3.94. The van der Waals surface area contributed by atoms with E-state index in [2.05, 4.69) is 14.8 Å². The summed E-state index contributed by atoms with van der Waals surface area (Å²) in [5.74, 6) is 0. The van der Waals surface area contributed by atoms with Gasteiger partial charge in [-0.3, -0.25) is 9.88 Å². The van der Waals surface area contributed by atoms with Crippen LogP contribution in [-0.4, -0.2) is 58.4 Å². The van der Waals surface area contributed by atoms with Gasteiger partial charge >= 0.3 is 0 Å². The van der Waals surface area contributed by atoms with Crippen molar-refractivity contribution in [2.75, 3.05) is 37.6 Å². The van der Waals surface area contributed by atoms with Gasteiger partial charge in [-0.25, -0.2) is 0 Å². The number of piperazine rings is 1. The Morgan fingerprint density at radius 3 is 2.38 bits per heavy atom. The van der Waals surface area contributed by atoms with Crippen LogP contribution in [0.3, 0.4) is 0 Å². The molecular formula is C16H27N3O2. The first-order chi connectivity index (χ1) is 9.89. The van der Waals surface area contributed by atoms with Gasteiger partial charge in [-0.2, -0.15) is 0 Å². The lowest BCUT2D eigenvalue weighted by atomic mass is 10.1. The molecule has 1 fully saturated rings. The van der Waals surface area contributed by atoms with E-state index >= 15 is 0 Å². The van der Waals surface area contributed by atoms with Crippen molar-refractivity contribution in [2.45, 2.75) is 38.9 Å². The highest BCUT2D eigenvalue weighted by Crippen LogP contribution is 2.20. The maximum absolute atomic E-state index is 9.87. The number of aromatic nitrogens is 1. The Morgan fingerprint density at radius 1 is 1.24 bits per heavy atom. The predicted molar refractivity (Wildman–Crippen MR) is 84.4 cm³/mol. The van der Waals surface area contributed by atoms with Gasteiger partial charge in [-0.15, -0.1) is 0 Å². The average molecular weight is 293 g/mol. The van der Waals surface area contributed by atoms with Crippen LogP contribution >= 0.6 is 0 Å². The molecule has 2 heterocycles. The lowest BCUT2D eigenvalue weighted by molar-refractivity contribution is 0.0345. The fourth-order valence-electron chi connectivity index (χ4n) is 2.70. The van der Waals surface area contributed by atoms with Crippen LogP contribution in [0.1, 0.15) is 39.0 Å². The van der Waals surface area contributed by atoms with Crippen molar-refractivity contribution in [2.24, 2.45) is 0 Å². The van der Waals surface area contributed by atoms with Gasteiger partial charge in [0, 0.05) is 32.7 Å². The molecule has 0 saturated carbocycles. The van der Waals surface area contributed by atoms with Gasteiger partial charge in [0.2, 0.25) is 0 Å². The molecule has 1 atom stereocenters. The second-order valence-electron chi connectivity index (χ2n) is 6.44. The molecule has 1 aliphatic rings. The third-order valence-electron chi connectivity index (χ3n) is 3.85. The Morgan fingerprint density at radius 2 is 1.90 bits per heavy atom. The van der Waals surface area contributed by atoms with Crippen molar-refractivity contribution < 1.29 is 10.2 Å². The number of nitrogens with zero attached hydrogens (tertiary/aromatic N) is 3. The number of anilines is 1. The molecule has 0 bridgehead atoms. The molecule has 1 aliphatic heterocycles. The molecule has 1 aromatic heterocycles. The van der Waals surface area contributed by atoms with Gasteiger partial charge in [0.25, 0.3) is 0 Å². The Bertz CT molecular complexity index is 434. The summed E-state index contributed by atoms with van der Waals surface area (Å²) >= 11 is 0. The molecule has 2 N–H and O–H groups in total. The molecule has 21 heavy (non-hydrogen) atoms. The normalized spacial score (nSPS) is 18.8. The summed E-state index contributed by atoms with van der Waals surface area (Å²) in [7, 11) is 0. The molecule has 0 unspecified atom stereocenters. The van der Waals surface area contributed by atoms with Crippen LogP contribution < -0.4 is 4.90 Å². The number of pyridine rings is 1. The van der Waals surface area contributed by atoms with Crippen LogP contribution in [0, 0.1) is 0 Å². The summed E-state index contributed by atoms with van der Waals surface area (Å²) in [5, 5.41) is 19.6. The van der Waals surface area contributed by atoms with Crippen LogP contribution in [0.15, 0.2) is 18.3 Å². The zero-order valence-electron chi connectivity index (χ0n) is 13.3. The smallest absolute Gasteiger partial charge is 0.0957 e. The van der Waals surface area contributed by atoms with Gasteiger partial charge in [0.05, 0.1) is 29.3 Å². The summed E-state index contributed by atoms with van der Waals surface area (Å²) in [4.78, 5) is 8.95. The second kappa shape index (κ2) is 6.73. The summed E-state index contributed by atoms with van der Waals surface area (Å²) in [5.41, 5.74) is 1.20. The minimum atomic E-state index is -0.637. The molecular weight excluding hydrogens is 266 g/mol. The van der Waals surface area contributed by atoms with Gasteiger partial charge in [0.1, 0.15) is 0 Å².